The minimum absolute atomic E-state index is 0.478. The zero-order valence-electron chi connectivity index (χ0n) is 10.8. The van der Waals surface area contributed by atoms with Gasteiger partial charge in [-0.15, -0.1) is 11.6 Å². The smallest absolute Gasteiger partial charge is 0.125 e. The maximum absolute atomic E-state index is 6.06. The summed E-state index contributed by atoms with van der Waals surface area (Å²) < 4.78 is 3.55. The summed E-state index contributed by atoms with van der Waals surface area (Å²) in [6.07, 6.45) is 3.48. The normalized spacial score (nSPS) is 13.1. The van der Waals surface area contributed by atoms with Gasteiger partial charge in [0.25, 0.3) is 0 Å². The first-order valence-corrected chi connectivity index (χ1v) is 8.04. The number of benzene rings is 1. The summed E-state index contributed by atoms with van der Waals surface area (Å²) >= 11 is 8.38. The number of halogens is 2. The summed E-state index contributed by atoms with van der Waals surface area (Å²) in [5, 5.41) is 0. The lowest BCUT2D eigenvalue weighted by Gasteiger charge is -2.19. The van der Waals surface area contributed by atoms with E-state index in [1.807, 2.05) is 0 Å². The lowest BCUT2D eigenvalue weighted by atomic mass is 10.1. The van der Waals surface area contributed by atoms with Crippen molar-refractivity contribution in [2.45, 2.75) is 45.0 Å². The topological polar surface area (TPSA) is 17.8 Å². The van der Waals surface area contributed by atoms with Crippen molar-refractivity contribution in [3.05, 3.63) is 27.6 Å². The fourth-order valence-electron chi connectivity index (χ4n) is 2.47. The SMILES string of the molecule is CCCC(CC)n1c(CCl)nc2cc(I)ccc21. The van der Waals surface area contributed by atoms with Crippen LogP contribution in [-0.2, 0) is 5.88 Å². The molecule has 1 unspecified atom stereocenters. The van der Waals surface area contributed by atoms with Gasteiger partial charge in [-0.25, -0.2) is 4.98 Å². The Hall–Kier alpha value is -0.290. The number of imidazole rings is 1. The van der Waals surface area contributed by atoms with Crippen LogP contribution in [0.2, 0.25) is 0 Å². The summed E-state index contributed by atoms with van der Waals surface area (Å²) in [7, 11) is 0. The lowest BCUT2D eigenvalue weighted by molar-refractivity contribution is 0.448. The van der Waals surface area contributed by atoms with Crippen LogP contribution in [0.1, 0.15) is 45.0 Å². The van der Waals surface area contributed by atoms with Crippen LogP contribution in [0.25, 0.3) is 11.0 Å². The van der Waals surface area contributed by atoms with E-state index >= 15 is 0 Å². The highest BCUT2D eigenvalue weighted by Gasteiger charge is 2.16. The average Bonchev–Trinajstić information content (AvgIpc) is 2.73. The van der Waals surface area contributed by atoms with Crippen molar-refractivity contribution < 1.29 is 0 Å². The van der Waals surface area contributed by atoms with E-state index in [4.69, 9.17) is 11.6 Å². The van der Waals surface area contributed by atoms with Gasteiger partial charge in [-0.05, 0) is 53.6 Å². The quantitative estimate of drug-likeness (QED) is 0.522. The molecule has 4 heteroatoms. The van der Waals surface area contributed by atoms with Crippen LogP contribution < -0.4 is 0 Å². The third-order valence-corrected chi connectivity index (χ3v) is 4.21. The molecule has 1 aromatic carbocycles. The molecule has 2 aromatic rings. The number of alkyl halides is 1. The summed E-state index contributed by atoms with van der Waals surface area (Å²) in [6.45, 7) is 4.46. The van der Waals surface area contributed by atoms with Gasteiger partial charge < -0.3 is 4.57 Å². The van der Waals surface area contributed by atoms with Crippen LogP contribution in [-0.4, -0.2) is 9.55 Å². The molecule has 1 heterocycles. The molecule has 18 heavy (non-hydrogen) atoms. The highest BCUT2D eigenvalue weighted by atomic mass is 127. The Morgan fingerprint density at radius 2 is 2.17 bits per heavy atom. The molecule has 0 fully saturated rings. The van der Waals surface area contributed by atoms with E-state index in [0.29, 0.717) is 11.9 Å². The van der Waals surface area contributed by atoms with Crippen LogP contribution in [0.5, 0.6) is 0 Å². The third kappa shape index (κ3) is 2.67. The van der Waals surface area contributed by atoms with Gasteiger partial charge in [-0.3, -0.25) is 0 Å². The summed E-state index contributed by atoms with van der Waals surface area (Å²) in [5.41, 5.74) is 2.28. The Bertz CT molecular complexity index is 536. The summed E-state index contributed by atoms with van der Waals surface area (Å²) in [4.78, 5) is 4.67. The zero-order chi connectivity index (χ0) is 13.1. The van der Waals surface area contributed by atoms with Crippen molar-refractivity contribution in [1.29, 1.82) is 0 Å². The predicted octanol–water partition coefficient (Wildman–Crippen LogP) is 5.13. The van der Waals surface area contributed by atoms with Gasteiger partial charge in [-0.1, -0.05) is 20.3 Å². The van der Waals surface area contributed by atoms with Gasteiger partial charge in [0.15, 0.2) is 0 Å². The number of fused-ring (bicyclic) bond motifs is 1. The van der Waals surface area contributed by atoms with Gasteiger partial charge in [0.1, 0.15) is 5.82 Å². The second-order valence-electron chi connectivity index (χ2n) is 4.52. The molecule has 2 rings (SSSR count). The standard InChI is InChI=1S/C14H18ClIN2/c1-3-5-11(4-2)18-13-7-6-10(16)8-12(13)17-14(18)9-15/h6-8,11H,3-5,9H2,1-2H3. The van der Waals surface area contributed by atoms with E-state index in [9.17, 15) is 0 Å². The molecule has 0 saturated carbocycles. The van der Waals surface area contributed by atoms with E-state index in [-0.39, 0.29) is 0 Å². The molecule has 0 aliphatic heterocycles. The number of hydrogen-bond acceptors (Lipinski definition) is 1. The van der Waals surface area contributed by atoms with Gasteiger partial charge in [0, 0.05) is 9.61 Å². The molecule has 98 valence electrons. The zero-order valence-corrected chi connectivity index (χ0v) is 13.7. The van der Waals surface area contributed by atoms with Crippen LogP contribution in [0, 0.1) is 3.57 Å². The molecule has 0 radical (unpaired) electrons. The molecule has 1 atom stereocenters. The van der Waals surface area contributed by atoms with Crippen molar-refractivity contribution in [2.24, 2.45) is 0 Å². The molecule has 1 aromatic heterocycles. The average molecular weight is 377 g/mol. The molecule has 0 N–H and O–H groups in total. The molecule has 0 bridgehead atoms. The van der Waals surface area contributed by atoms with Gasteiger partial charge in [-0.2, -0.15) is 0 Å². The first-order valence-electron chi connectivity index (χ1n) is 6.43. The highest BCUT2D eigenvalue weighted by molar-refractivity contribution is 14.1. The Labute approximate surface area is 127 Å². The number of rotatable bonds is 5. The van der Waals surface area contributed by atoms with E-state index < -0.39 is 0 Å². The Balaban J connectivity index is 2.58. The molecule has 2 nitrogen and oxygen atoms in total. The van der Waals surface area contributed by atoms with Crippen molar-refractivity contribution in [3.63, 3.8) is 0 Å². The summed E-state index contributed by atoms with van der Waals surface area (Å²) in [5.74, 6) is 1.47. The van der Waals surface area contributed by atoms with Crippen molar-refractivity contribution >= 4 is 45.2 Å². The minimum Gasteiger partial charge on any atom is -0.324 e. The molecular formula is C14H18ClIN2. The largest absolute Gasteiger partial charge is 0.324 e. The Morgan fingerprint density at radius 1 is 1.39 bits per heavy atom. The van der Waals surface area contributed by atoms with E-state index in [1.54, 1.807) is 0 Å². The lowest BCUT2D eigenvalue weighted by Crippen LogP contribution is -2.10. The van der Waals surface area contributed by atoms with E-state index in [2.05, 4.69) is 64.2 Å². The second-order valence-corrected chi connectivity index (χ2v) is 6.03. The molecule has 0 aliphatic rings. The van der Waals surface area contributed by atoms with Crippen molar-refractivity contribution in [3.8, 4) is 0 Å². The van der Waals surface area contributed by atoms with Crippen LogP contribution in [0.15, 0.2) is 18.2 Å². The molecule has 0 aliphatic carbocycles. The van der Waals surface area contributed by atoms with Crippen LogP contribution in [0.3, 0.4) is 0 Å². The maximum Gasteiger partial charge on any atom is 0.125 e. The molecule has 0 saturated heterocycles. The van der Waals surface area contributed by atoms with E-state index in [1.165, 1.54) is 21.9 Å². The van der Waals surface area contributed by atoms with Crippen molar-refractivity contribution in [1.82, 2.24) is 9.55 Å². The molecular weight excluding hydrogens is 359 g/mol. The fraction of sp³-hybridized carbons (Fsp3) is 0.500. The maximum atomic E-state index is 6.06. The minimum atomic E-state index is 0.478. The molecule has 0 amide bonds. The molecule has 0 spiro atoms. The Morgan fingerprint density at radius 3 is 2.78 bits per heavy atom. The summed E-state index contributed by atoms with van der Waals surface area (Å²) in [6, 6.07) is 6.94. The number of aromatic nitrogens is 2. The number of hydrogen-bond donors (Lipinski definition) is 0. The fourth-order valence-corrected chi connectivity index (χ4v) is 3.14. The monoisotopic (exact) mass is 376 g/mol. The highest BCUT2D eigenvalue weighted by Crippen LogP contribution is 2.28. The van der Waals surface area contributed by atoms with Gasteiger partial charge in [0.05, 0.1) is 16.9 Å². The van der Waals surface area contributed by atoms with Crippen LogP contribution in [0.4, 0.5) is 0 Å². The van der Waals surface area contributed by atoms with Crippen molar-refractivity contribution in [2.75, 3.05) is 0 Å². The Kier molecular flexibility index (Phi) is 4.90. The van der Waals surface area contributed by atoms with Gasteiger partial charge in [0.2, 0.25) is 0 Å². The first-order chi connectivity index (χ1) is 8.71. The number of nitrogens with zero attached hydrogens (tertiary/aromatic N) is 2. The van der Waals surface area contributed by atoms with Crippen LogP contribution >= 0.6 is 34.2 Å². The predicted molar refractivity (Wildman–Crippen MR) is 86.2 cm³/mol. The van der Waals surface area contributed by atoms with Gasteiger partial charge >= 0.3 is 0 Å². The first kappa shape index (κ1) is 14.1. The van der Waals surface area contributed by atoms with E-state index in [0.717, 1.165) is 17.8 Å². The second kappa shape index (κ2) is 6.24. The third-order valence-electron chi connectivity index (χ3n) is 3.30.